The number of amides is 1. The van der Waals surface area contributed by atoms with E-state index in [1.807, 2.05) is 19.1 Å². The number of nitrogens with zero attached hydrogens (tertiary/aromatic N) is 1. The van der Waals surface area contributed by atoms with Crippen molar-refractivity contribution in [3.05, 3.63) is 46.6 Å². The van der Waals surface area contributed by atoms with Gasteiger partial charge in [0.1, 0.15) is 5.82 Å². The fourth-order valence-corrected chi connectivity index (χ4v) is 3.15. The summed E-state index contributed by atoms with van der Waals surface area (Å²) in [4.78, 5) is 15.8. The Hall–Kier alpha value is -1.68. The molecule has 0 aliphatic rings. The van der Waals surface area contributed by atoms with Crippen LogP contribution in [0.2, 0.25) is 0 Å². The largest absolute Gasteiger partial charge is 0.342 e. The van der Waals surface area contributed by atoms with E-state index in [0.29, 0.717) is 6.54 Å². The standard InChI is InChI=1S/C18H22FNOS/c1-6-20(5)17(21)13-8-7-12(11-14(13)19)15-9-10-16(22-15)18(2,3)4/h7-11H,6H2,1-5H3. The highest BCUT2D eigenvalue weighted by atomic mass is 32.1. The number of benzene rings is 1. The second kappa shape index (κ2) is 6.21. The molecule has 0 bridgehead atoms. The first-order valence-corrected chi connectivity index (χ1v) is 8.21. The van der Waals surface area contributed by atoms with Gasteiger partial charge in [-0.1, -0.05) is 26.8 Å². The molecule has 0 spiro atoms. The summed E-state index contributed by atoms with van der Waals surface area (Å²) in [5.74, 6) is -0.749. The SMILES string of the molecule is CCN(C)C(=O)c1ccc(-c2ccc(C(C)(C)C)s2)cc1F. The van der Waals surface area contributed by atoms with Crippen molar-refractivity contribution in [1.82, 2.24) is 4.90 Å². The van der Waals surface area contributed by atoms with Gasteiger partial charge in [0.15, 0.2) is 0 Å². The third kappa shape index (κ3) is 3.38. The fourth-order valence-electron chi connectivity index (χ4n) is 2.09. The number of carbonyl (C=O) groups is 1. The van der Waals surface area contributed by atoms with Gasteiger partial charge in [0.05, 0.1) is 5.56 Å². The molecule has 0 fully saturated rings. The molecule has 1 aromatic carbocycles. The summed E-state index contributed by atoms with van der Waals surface area (Å²) in [6, 6.07) is 8.95. The predicted molar refractivity (Wildman–Crippen MR) is 91.0 cm³/mol. The van der Waals surface area contributed by atoms with Gasteiger partial charge >= 0.3 is 0 Å². The molecule has 0 aliphatic carbocycles. The van der Waals surface area contributed by atoms with E-state index in [4.69, 9.17) is 0 Å². The smallest absolute Gasteiger partial charge is 0.256 e. The molecule has 0 saturated carbocycles. The van der Waals surface area contributed by atoms with Crippen LogP contribution in [-0.4, -0.2) is 24.4 Å². The minimum atomic E-state index is -0.464. The lowest BCUT2D eigenvalue weighted by atomic mass is 9.95. The van der Waals surface area contributed by atoms with Gasteiger partial charge in [-0.05, 0) is 42.2 Å². The Morgan fingerprint density at radius 1 is 1.23 bits per heavy atom. The van der Waals surface area contributed by atoms with Crippen LogP contribution in [0.5, 0.6) is 0 Å². The average molecular weight is 319 g/mol. The monoisotopic (exact) mass is 319 g/mol. The molecule has 2 nitrogen and oxygen atoms in total. The van der Waals surface area contributed by atoms with Crippen molar-refractivity contribution in [3.63, 3.8) is 0 Å². The molecule has 0 unspecified atom stereocenters. The fraction of sp³-hybridized carbons (Fsp3) is 0.389. The zero-order chi connectivity index (χ0) is 16.5. The summed E-state index contributed by atoms with van der Waals surface area (Å²) >= 11 is 1.66. The van der Waals surface area contributed by atoms with Crippen molar-refractivity contribution in [2.75, 3.05) is 13.6 Å². The molecule has 118 valence electrons. The Labute approximate surface area is 135 Å². The van der Waals surface area contributed by atoms with Crippen molar-refractivity contribution in [1.29, 1.82) is 0 Å². The summed E-state index contributed by atoms with van der Waals surface area (Å²) in [5.41, 5.74) is 1.02. The summed E-state index contributed by atoms with van der Waals surface area (Å²) in [6.45, 7) is 8.90. The first-order chi connectivity index (χ1) is 10.2. The van der Waals surface area contributed by atoms with Crippen LogP contribution < -0.4 is 0 Å². The summed E-state index contributed by atoms with van der Waals surface area (Å²) in [7, 11) is 1.67. The number of carbonyl (C=O) groups excluding carboxylic acids is 1. The van der Waals surface area contributed by atoms with Crippen LogP contribution in [-0.2, 0) is 5.41 Å². The van der Waals surface area contributed by atoms with Crippen LogP contribution in [0.1, 0.15) is 42.9 Å². The lowest BCUT2D eigenvalue weighted by Gasteiger charge is -2.15. The first-order valence-electron chi connectivity index (χ1n) is 7.39. The summed E-state index contributed by atoms with van der Waals surface area (Å²) < 4.78 is 14.3. The number of hydrogen-bond acceptors (Lipinski definition) is 2. The average Bonchev–Trinajstić information content (AvgIpc) is 2.95. The lowest BCUT2D eigenvalue weighted by Crippen LogP contribution is -2.27. The maximum absolute atomic E-state index is 14.3. The lowest BCUT2D eigenvalue weighted by molar-refractivity contribution is 0.0798. The summed E-state index contributed by atoms with van der Waals surface area (Å²) in [5, 5.41) is 0. The van der Waals surface area contributed by atoms with E-state index >= 15 is 0 Å². The normalized spacial score (nSPS) is 11.5. The van der Waals surface area contributed by atoms with E-state index < -0.39 is 5.82 Å². The maximum Gasteiger partial charge on any atom is 0.256 e. The van der Waals surface area contributed by atoms with Crippen LogP contribution >= 0.6 is 11.3 Å². The van der Waals surface area contributed by atoms with Crippen LogP contribution in [0, 0.1) is 5.82 Å². The molecular formula is C18H22FNOS. The Bertz CT molecular complexity index is 685. The Balaban J connectivity index is 2.34. The highest BCUT2D eigenvalue weighted by Crippen LogP contribution is 2.35. The Morgan fingerprint density at radius 3 is 2.41 bits per heavy atom. The van der Waals surface area contributed by atoms with Gasteiger partial charge in [-0.25, -0.2) is 4.39 Å². The number of thiophene rings is 1. The Kier molecular flexibility index (Phi) is 4.71. The quantitative estimate of drug-likeness (QED) is 0.784. The van der Waals surface area contributed by atoms with Crippen LogP contribution in [0.15, 0.2) is 30.3 Å². The number of hydrogen-bond donors (Lipinski definition) is 0. The van der Waals surface area contributed by atoms with Gasteiger partial charge in [-0.15, -0.1) is 11.3 Å². The molecule has 0 radical (unpaired) electrons. The first kappa shape index (κ1) is 16.7. The van der Waals surface area contributed by atoms with E-state index in [9.17, 15) is 9.18 Å². The molecule has 2 aromatic rings. The van der Waals surface area contributed by atoms with Crippen molar-refractivity contribution in [2.45, 2.75) is 33.1 Å². The minimum absolute atomic E-state index is 0.0845. The van der Waals surface area contributed by atoms with Gasteiger partial charge in [0, 0.05) is 23.3 Å². The highest BCUT2D eigenvalue weighted by Gasteiger charge is 2.19. The third-order valence-corrected chi connectivity index (χ3v) is 5.21. The van der Waals surface area contributed by atoms with Crippen molar-refractivity contribution < 1.29 is 9.18 Å². The molecule has 4 heteroatoms. The predicted octanol–water partition coefficient (Wildman–Crippen LogP) is 4.94. The van der Waals surface area contributed by atoms with E-state index in [-0.39, 0.29) is 16.9 Å². The van der Waals surface area contributed by atoms with Crippen LogP contribution in [0.25, 0.3) is 10.4 Å². The molecule has 0 saturated heterocycles. The van der Waals surface area contributed by atoms with E-state index in [0.717, 1.165) is 10.4 Å². The van der Waals surface area contributed by atoms with Crippen molar-refractivity contribution in [3.8, 4) is 10.4 Å². The topological polar surface area (TPSA) is 20.3 Å². The van der Waals surface area contributed by atoms with Crippen molar-refractivity contribution >= 4 is 17.2 Å². The second-order valence-corrected chi connectivity index (χ2v) is 7.51. The van der Waals surface area contributed by atoms with Crippen LogP contribution in [0.4, 0.5) is 4.39 Å². The van der Waals surface area contributed by atoms with E-state index in [1.165, 1.54) is 15.8 Å². The third-order valence-electron chi connectivity index (χ3n) is 3.65. The molecule has 1 heterocycles. The zero-order valence-corrected chi connectivity index (χ0v) is 14.6. The van der Waals surface area contributed by atoms with E-state index in [1.54, 1.807) is 24.5 Å². The molecule has 0 atom stereocenters. The molecule has 0 aliphatic heterocycles. The molecule has 2 rings (SSSR count). The van der Waals surface area contributed by atoms with Gasteiger partial charge < -0.3 is 4.90 Å². The van der Waals surface area contributed by atoms with Gasteiger partial charge in [0.25, 0.3) is 5.91 Å². The van der Waals surface area contributed by atoms with Gasteiger partial charge in [0.2, 0.25) is 0 Å². The van der Waals surface area contributed by atoms with Crippen molar-refractivity contribution in [2.24, 2.45) is 0 Å². The van der Waals surface area contributed by atoms with Crippen LogP contribution in [0.3, 0.4) is 0 Å². The van der Waals surface area contributed by atoms with E-state index in [2.05, 4.69) is 26.8 Å². The number of rotatable bonds is 3. The molecular weight excluding hydrogens is 297 g/mol. The molecule has 1 amide bonds. The molecule has 0 N–H and O–H groups in total. The van der Waals surface area contributed by atoms with Gasteiger partial charge in [-0.3, -0.25) is 4.79 Å². The van der Waals surface area contributed by atoms with Gasteiger partial charge in [-0.2, -0.15) is 0 Å². The Morgan fingerprint density at radius 2 is 1.91 bits per heavy atom. The molecule has 1 aromatic heterocycles. The highest BCUT2D eigenvalue weighted by molar-refractivity contribution is 7.15. The number of halogens is 1. The maximum atomic E-state index is 14.3. The molecule has 22 heavy (non-hydrogen) atoms. The minimum Gasteiger partial charge on any atom is -0.342 e. The zero-order valence-electron chi connectivity index (χ0n) is 13.7. The second-order valence-electron chi connectivity index (χ2n) is 6.43. The summed E-state index contributed by atoms with van der Waals surface area (Å²) in [6.07, 6.45) is 0.